The first kappa shape index (κ1) is 19.0. The predicted molar refractivity (Wildman–Crippen MR) is 115 cm³/mol. The molecule has 3 aliphatic rings. The molecule has 5 rings (SSSR count). The largest absolute Gasteiger partial charge is 0.368 e. The van der Waals surface area contributed by atoms with Crippen molar-refractivity contribution in [3.63, 3.8) is 0 Å². The fourth-order valence-corrected chi connectivity index (χ4v) is 5.54. The number of anilines is 2. The van der Waals surface area contributed by atoms with Crippen molar-refractivity contribution in [2.45, 2.75) is 25.3 Å². The average Bonchev–Trinajstić information content (AvgIpc) is 3.18. The van der Waals surface area contributed by atoms with Crippen molar-refractivity contribution in [3.8, 4) is 0 Å². The third-order valence-corrected chi connectivity index (χ3v) is 7.18. The molecule has 0 bridgehead atoms. The minimum atomic E-state index is -2.35. The van der Waals surface area contributed by atoms with Crippen LogP contribution in [0, 0.1) is 5.41 Å². The van der Waals surface area contributed by atoms with Gasteiger partial charge in [-0.25, -0.2) is 18.4 Å². The first-order valence-electron chi connectivity index (χ1n) is 10.4. The van der Waals surface area contributed by atoms with E-state index in [0.717, 1.165) is 63.0 Å². The second-order valence-corrected chi connectivity index (χ2v) is 9.65. The summed E-state index contributed by atoms with van der Waals surface area (Å²) in [5, 5.41) is 8.02. The summed E-state index contributed by atoms with van der Waals surface area (Å²) in [6.07, 6.45) is 4.95. The normalized spacial score (nSPS) is 22.4. The van der Waals surface area contributed by atoms with Crippen LogP contribution in [0.3, 0.4) is 0 Å². The molecule has 0 saturated carbocycles. The number of likely N-dealkylation sites (tertiary alicyclic amines) is 1. The van der Waals surface area contributed by atoms with E-state index in [1.54, 1.807) is 0 Å². The van der Waals surface area contributed by atoms with Gasteiger partial charge in [-0.2, -0.15) is 0 Å². The molecule has 2 N–H and O–H groups in total. The van der Waals surface area contributed by atoms with Crippen LogP contribution in [0.15, 0.2) is 24.4 Å². The topological polar surface area (TPSA) is 90.5 Å². The van der Waals surface area contributed by atoms with Gasteiger partial charge in [-0.3, -0.25) is 4.90 Å². The lowest BCUT2D eigenvalue weighted by atomic mass is 9.78. The Morgan fingerprint density at radius 3 is 2.79 bits per heavy atom. The summed E-state index contributed by atoms with van der Waals surface area (Å²) < 4.78 is 21.8. The number of nitrogens with one attached hydrogen (secondary N) is 2. The highest BCUT2D eigenvalue weighted by molar-refractivity contribution is 7.72. The Hall–Kier alpha value is -1.97. The lowest BCUT2D eigenvalue weighted by Crippen LogP contribution is -2.57. The van der Waals surface area contributed by atoms with E-state index in [2.05, 4.69) is 38.7 Å². The molecule has 29 heavy (non-hydrogen) atoms. The fraction of sp³-hybridized carbons (Fsp3) is 0.600. The second kappa shape index (κ2) is 7.70. The number of aromatic nitrogens is 2. The number of rotatable bonds is 5. The number of para-hydroxylation sites is 1. The first-order valence-corrected chi connectivity index (χ1v) is 11.8. The molecule has 1 spiro atoms. The molecule has 156 valence electrons. The Kier molecular flexibility index (Phi) is 5.05. The number of nitrogens with zero attached hydrogens (tertiary/aromatic N) is 4. The molecular weight excluding hydrogens is 388 g/mol. The molecule has 3 aliphatic heterocycles. The van der Waals surface area contributed by atoms with E-state index >= 15 is 0 Å². The number of benzene rings is 1. The summed E-state index contributed by atoms with van der Waals surface area (Å²) in [5.41, 5.74) is 2.64. The zero-order chi connectivity index (χ0) is 19.8. The van der Waals surface area contributed by atoms with Crippen molar-refractivity contribution in [2.24, 2.45) is 5.41 Å². The average molecular weight is 417 g/mol. The number of hydrogen-bond acceptors (Lipinski definition) is 8. The van der Waals surface area contributed by atoms with Gasteiger partial charge in [0, 0.05) is 55.8 Å². The second-order valence-electron chi connectivity index (χ2n) is 8.70. The molecule has 0 aliphatic carbocycles. The van der Waals surface area contributed by atoms with Crippen molar-refractivity contribution in [1.29, 1.82) is 0 Å². The molecule has 8 nitrogen and oxygen atoms in total. The molecule has 1 aromatic heterocycles. The van der Waals surface area contributed by atoms with Crippen LogP contribution in [0.2, 0.25) is 0 Å². The van der Waals surface area contributed by atoms with Crippen LogP contribution < -0.4 is 15.5 Å². The lowest BCUT2D eigenvalue weighted by molar-refractivity contribution is 0.244. The molecule has 3 fully saturated rings. The van der Waals surface area contributed by atoms with E-state index in [1.807, 2.05) is 11.1 Å². The lowest BCUT2D eigenvalue weighted by Gasteiger charge is -2.49. The van der Waals surface area contributed by atoms with Crippen LogP contribution >= 0.6 is 0 Å². The molecule has 1 aromatic carbocycles. The Balaban J connectivity index is 1.29. The highest BCUT2D eigenvalue weighted by Crippen LogP contribution is 2.40. The van der Waals surface area contributed by atoms with E-state index in [0.29, 0.717) is 11.4 Å². The summed E-state index contributed by atoms with van der Waals surface area (Å²) in [4.78, 5) is 13.8. The van der Waals surface area contributed by atoms with Gasteiger partial charge in [-0.1, -0.05) is 12.1 Å². The molecule has 0 amide bonds. The summed E-state index contributed by atoms with van der Waals surface area (Å²) in [7, 11) is -2.35. The zero-order valence-electron chi connectivity index (χ0n) is 16.5. The molecule has 9 heteroatoms. The van der Waals surface area contributed by atoms with Crippen LogP contribution in [-0.2, 0) is 10.7 Å². The molecule has 4 heterocycles. The summed E-state index contributed by atoms with van der Waals surface area (Å²) in [5.74, 6) is 0.821. The van der Waals surface area contributed by atoms with Crippen LogP contribution in [0.4, 0.5) is 11.6 Å². The van der Waals surface area contributed by atoms with Gasteiger partial charge in [-0.15, -0.1) is 0 Å². The van der Waals surface area contributed by atoms with Gasteiger partial charge < -0.3 is 15.5 Å². The van der Waals surface area contributed by atoms with Gasteiger partial charge in [0.25, 0.3) is 0 Å². The molecular formula is C20H28N6O2S. The highest BCUT2D eigenvalue weighted by Gasteiger charge is 2.45. The van der Waals surface area contributed by atoms with Gasteiger partial charge in [0.2, 0.25) is 5.95 Å². The minimum absolute atomic E-state index is 0.157. The smallest absolute Gasteiger partial charge is 0.223 e. The van der Waals surface area contributed by atoms with Crippen LogP contribution in [-0.4, -0.2) is 74.5 Å². The van der Waals surface area contributed by atoms with E-state index in [1.165, 1.54) is 12.1 Å². The van der Waals surface area contributed by atoms with Crippen LogP contribution in [0.1, 0.15) is 19.3 Å². The van der Waals surface area contributed by atoms with E-state index < -0.39 is 10.7 Å². The number of thiol groups is 1. The summed E-state index contributed by atoms with van der Waals surface area (Å²) >= 11 is 0. The monoisotopic (exact) mass is 416 g/mol. The maximum atomic E-state index is 10.9. The van der Waals surface area contributed by atoms with Crippen molar-refractivity contribution in [1.82, 2.24) is 20.2 Å². The molecule has 3 saturated heterocycles. The fourth-order valence-electron chi connectivity index (χ4n) is 4.93. The Morgan fingerprint density at radius 1 is 1.24 bits per heavy atom. The summed E-state index contributed by atoms with van der Waals surface area (Å²) in [6, 6.07) is 6.59. The minimum Gasteiger partial charge on any atom is -0.368 e. The van der Waals surface area contributed by atoms with Crippen LogP contribution in [0.5, 0.6) is 0 Å². The number of piperidine rings is 1. The number of hydrogen-bond donors (Lipinski definition) is 3. The highest BCUT2D eigenvalue weighted by atomic mass is 32.2. The third kappa shape index (κ3) is 3.91. The Morgan fingerprint density at radius 2 is 2.07 bits per heavy atom. The van der Waals surface area contributed by atoms with Crippen molar-refractivity contribution >= 4 is 33.2 Å². The van der Waals surface area contributed by atoms with Gasteiger partial charge in [0.1, 0.15) is 0 Å². The SMILES string of the molecule is O=[SH](=O)CN1CCC(Nc2ncc3cccc(N4CC5(CCNC5)C4)c3n2)CC1. The van der Waals surface area contributed by atoms with Gasteiger partial charge in [0.05, 0.1) is 17.1 Å². The van der Waals surface area contributed by atoms with E-state index in [9.17, 15) is 8.42 Å². The molecule has 0 radical (unpaired) electrons. The summed E-state index contributed by atoms with van der Waals surface area (Å²) in [6.45, 7) is 5.99. The van der Waals surface area contributed by atoms with Crippen molar-refractivity contribution < 1.29 is 8.42 Å². The predicted octanol–water partition coefficient (Wildman–Crippen LogP) is 0.875. The molecule has 0 atom stereocenters. The zero-order valence-corrected chi connectivity index (χ0v) is 17.4. The Bertz CT molecular complexity index is 951. The van der Waals surface area contributed by atoms with Gasteiger partial charge in [0.15, 0.2) is 10.7 Å². The van der Waals surface area contributed by atoms with Gasteiger partial charge in [-0.05, 0) is 31.9 Å². The maximum Gasteiger partial charge on any atom is 0.223 e. The first-order chi connectivity index (χ1) is 14.1. The maximum absolute atomic E-state index is 10.9. The Labute approximate surface area is 172 Å². The van der Waals surface area contributed by atoms with E-state index in [-0.39, 0.29) is 11.9 Å². The molecule has 0 unspecified atom stereocenters. The van der Waals surface area contributed by atoms with Crippen molar-refractivity contribution in [2.75, 3.05) is 55.4 Å². The number of fused-ring (bicyclic) bond motifs is 1. The standard InChI is InChI=1S/C20H28N6O2S/c27-29(28)14-25-8-4-16(5-9-25)23-19-22-10-15-2-1-3-17(18(15)24-19)26-12-20(13-26)6-7-21-11-20/h1-3,10,16,21,29H,4-9,11-14H2,(H,22,23,24). The quantitative estimate of drug-likeness (QED) is 0.619. The van der Waals surface area contributed by atoms with Gasteiger partial charge >= 0.3 is 0 Å². The molecule has 2 aromatic rings. The van der Waals surface area contributed by atoms with Crippen LogP contribution in [0.25, 0.3) is 10.9 Å². The third-order valence-electron chi connectivity index (χ3n) is 6.55. The van der Waals surface area contributed by atoms with E-state index in [4.69, 9.17) is 4.98 Å². The van der Waals surface area contributed by atoms with Crippen molar-refractivity contribution in [3.05, 3.63) is 24.4 Å².